The molecule has 4 heteroatoms. The van der Waals surface area contributed by atoms with E-state index in [2.05, 4.69) is 23.6 Å². The molecule has 1 aliphatic carbocycles. The van der Waals surface area contributed by atoms with Crippen LogP contribution in [0, 0.1) is 5.92 Å². The van der Waals surface area contributed by atoms with Crippen LogP contribution in [0.25, 0.3) is 0 Å². The first-order chi connectivity index (χ1) is 10.7. The van der Waals surface area contributed by atoms with Gasteiger partial charge in [0.1, 0.15) is 0 Å². The van der Waals surface area contributed by atoms with Crippen LogP contribution in [0.2, 0.25) is 0 Å². The van der Waals surface area contributed by atoms with Crippen molar-refractivity contribution in [2.45, 2.75) is 37.6 Å². The Labute approximate surface area is 129 Å². The molecular formula is C18H19NO3. The van der Waals surface area contributed by atoms with Crippen molar-refractivity contribution in [1.82, 2.24) is 4.90 Å². The van der Waals surface area contributed by atoms with E-state index in [4.69, 9.17) is 9.47 Å². The lowest BCUT2D eigenvalue weighted by molar-refractivity contribution is -0.132. The predicted octanol–water partition coefficient (Wildman–Crippen LogP) is 2.76. The third-order valence-electron chi connectivity index (χ3n) is 5.91. The van der Waals surface area contributed by atoms with Crippen molar-refractivity contribution in [3.63, 3.8) is 0 Å². The van der Waals surface area contributed by atoms with E-state index in [-0.39, 0.29) is 5.54 Å². The normalized spacial score (nSPS) is 31.8. The van der Waals surface area contributed by atoms with Gasteiger partial charge in [0.25, 0.3) is 0 Å². The molecule has 1 saturated carbocycles. The molecule has 1 aromatic rings. The second-order valence-corrected chi connectivity index (χ2v) is 6.95. The fourth-order valence-corrected chi connectivity index (χ4v) is 4.97. The maximum Gasteiger partial charge on any atom is 0.231 e. The van der Waals surface area contributed by atoms with Gasteiger partial charge in [0.15, 0.2) is 11.5 Å². The summed E-state index contributed by atoms with van der Waals surface area (Å²) in [5.41, 5.74) is 3.68. The smallest absolute Gasteiger partial charge is 0.231 e. The molecular weight excluding hydrogens is 278 g/mol. The number of fused-ring (bicyclic) bond motifs is 2. The molecule has 3 heterocycles. The van der Waals surface area contributed by atoms with E-state index in [0.717, 1.165) is 43.7 Å². The standard InChI is InChI=1S/C18H19NO3/c1-11-2-3-13-7-17(20)19-5-4-12-6-15-16(22-10-21-15)8-14(12)18(13,19)9-11/h6,8,13H,1-5,7,9-10H2/t13-,18-/m0/s1. The highest BCUT2D eigenvalue weighted by Gasteiger charge is 2.57. The third kappa shape index (κ3) is 1.40. The van der Waals surface area contributed by atoms with Crippen molar-refractivity contribution in [3.8, 4) is 11.5 Å². The summed E-state index contributed by atoms with van der Waals surface area (Å²) < 4.78 is 11.1. The van der Waals surface area contributed by atoms with E-state index >= 15 is 0 Å². The summed E-state index contributed by atoms with van der Waals surface area (Å²) in [5.74, 6) is 2.39. The van der Waals surface area contributed by atoms with Gasteiger partial charge < -0.3 is 14.4 Å². The molecule has 1 saturated heterocycles. The summed E-state index contributed by atoms with van der Waals surface area (Å²) in [5, 5.41) is 0. The molecule has 4 aliphatic rings. The Kier molecular flexibility index (Phi) is 2.32. The predicted molar refractivity (Wildman–Crippen MR) is 80.8 cm³/mol. The highest BCUT2D eigenvalue weighted by Crippen LogP contribution is 2.57. The first kappa shape index (κ1) is 12.6. The number of carbonyl (C=O) groups is 1. The molecule has 0 aromatic heterocycles. The number of carbonyl (C=O) groups excluding carboxylic acids is 1. The number of benzene rings is 1. The number of amides is 1. The van der Waals surface area contributed by atoms with Crippen molar-refractivity contribution in [3.05, 3.63) is 35.4 Å². The van der Waals surface area contributed by atoms with Crippen LogP contribution < -0.4 is 9.47 Å². The minimum atomic E-state index is -0.180. The Hall–Kier alpha value is -1.97. The van der Waals surface area contributed by atoms with Gasteiger partial charge in [0.2, 0.25) is 12.7 Å². The van der Waals surface area contributed by atoms with Gasteiger partial charge in [-0.15, -0.1) is 0 Å². The van der Waals surface area contributed by atoms with Crippen molar-refractivity contribution in [2.75, 3.05) is 13.3 Å². The Morgan fingerprint density at radius 2 is 2.05 bits per heavy atom. The highest BCUT2D eigenvalue weighted by molar-refractivity contribution is 5.82. The second-order valence-electron chi connectivity index (χ2n) is 6.95. The number of hydrogen-bond acceptors (Lipinski definition) is 3. The molecule has 0 radical (unpaired) electrons. The zero-order valence-corrected chi connectivity index (χ0v) is 12.6. The lowest BCUT2D eigenvalue weighted by Crippen LogP contribution is -2.52. The lowest BCUT2D eigenvalue weighted by atomic mass is 9.65. The molecule has 22 heavy (non-hydrogen) atoms. The van der Waals surface area contributed by atoms with Crippen LogP contribution in [0.1, 0.15) is 36.8 Å². The zero-order chi connectivity index (χ0) is 14.9. The topological polar surface area (TPSA) is 38.8 Å². The molecule has 1 aromatic carbocycles. The lowest BCUT2D eigenvalue weighted by Gasteiger charge is -2.49. The number of rotatable bonds is 0. The van der Waals surface area contributed by atoms with E-state index < -0.39 is 0 Å². The molecule has 1 amide bonds. The average Bonchev–Trinajstić information content (AvgIpc) is 3.06. The fraction of sp³-hybridized carbons (Fsp3) is 0.500. The van der Waals surface area contributed by atoms with Gasteiger partial charge in [0.05, 0.1) is 5.54 Å². The van der Waals surface area contributed by atoms with Crippen LogP contribution in [-0.4, -0.2) is 24.1 Å². The van der Waals surface area contributed by atoms with Crippen LogP contribution in [-0.2, 0) is 16.8 Å². The molecule has 2 atom stereocenters. The molecule has 1 spiro atoms. The van der Waals surface area contributed by atoms with Gasteiger partial charge in [-0.3, -0.25) is 4.79 Å². The summed E-state index contributed by atoms with van der Waals surface area (Å²) in [7, 11) is 0. The molecule has 0 bridgehead atoms. The maximum absolute atomic E-state index is 12.6. The van der Waals surface area contributed by atoms with Gasteiger partial charge >= 0.3 is 0 Å². The minimum absolute atomic E-state index is 0.180. The molecule has 0 N–H and O–H groups in total. The van der Waals surface area contributed by atoms with Crippen LogP contribution in [0.3, 0.4) is 0 Å². The minimum Gasteiger partial charge on any atom is -0.454 e. The fourth-order valence-electron chi connectivity index (χ4n) is 4.97. The van der Waals surface area contributed by atoms with Crippen molar-refractivity contribution in [2.24, 2.45) is 5.92 Å². The summed E-state index contributed by atoms with van der Waals surface area (Å²) in [6, 6.07) is 4.26. The highest BCUT2D eigenvalue weighted by atomic mass is 16.7. The van der Waals surface area contributed by atoms with E-state index in [0.29, 0.717) is 25.0 Å². The molecule has 114 valence electrons. The van der Waals surface area contributed by atoms with Gasteiger partial charge in [-0.25, -0.2) is 0 Å². The van der Waals surface area contributed by atoms with E-state index in [1.165, 1.54) is 16.7 Å². The Bertz CT molecular complexity index is 711. The molecule has 0 unspecified atom stereocenters. The summed E-state index contributed by atoms with van der Waals surface area (Å²) in [4.78, 5) is 14.7. The van der Waals surface area contributed by atoms with Crippen LogP contribution in [0.4, 0.5) is 0 Å². The van der Waals surface area contributed by atoms with Crippen LogP contribution >= 0.6 is 0 Å². The van der Waals surface area contributed by atoms with Crippen molar-refractivity contribution in [1.29, 1.82) is 0 Å². The number of hydrogen-bond donors (Lipinski definition) is 0. The van der Waals surface area contributed by atoms with E-state index in [9.17, 15) is 4.79 Å². The summed E-state index contributed by atoms with van der Waals surface area (Å²) in [6.07, 6.45) is 4.60. The Morgan fingerprint density at radius 3 is 2.91 bits per heavy atom. The second kappa shape index (κ2) is 4.06. The zero-order valence-electron chi connectivity index (χ0n) is 12.6. The molecule has 3 aliphatic heterocycles. The average molecular weight is 297 g/mol. The quantitative estimate of drug-likeness (QED) is 0.691. The monoisotopic (exact) mass is 297 g/mol. The summed E-state index contributed by atoms with van der Waals surface area (Å²) in [6.45, 7) is 5.35. The van der Waals surface area contributed by atoms with Gasteiger partial charge in [0, 0.05) is 13.0 Å². The van der Waals surface area contributed by atoms with Crippen LogP contribution in [0.5, 0.6) is 11.5 Å². The van der Waals surface area contributed by atoms with E-state index in [1.54, 1.807) is 0 Å². The van der Waals surface area contributed by atoms with E-state index in [1.807, 2.05) is 0 Å². The Morgan fingerprint density at radius 1 is 1.23 bits per heavy atom. The number of ether oxygens (including phenoxy) is 2. The van der Waals surface area contributed by atoms with Gasteiger partial charge in [-0.1, -0.05) is 12.2 Å². The molecule has 4 nitrogen and oxygen atoms in total. The van der Waals surface area contributed by atoms with Gasteiger partial charge in [-0.05, 0) is 54.9 Å². The third-order valence-corrected chi connectivity index (χ3v) is 5.91. The van der Waals surface area contributed by atoms with Crippen molar-refractivity contribution < 1.29 is 14.3 Å². The molecule has 2 fully saturated rings. The number of nitrogens with zero attached hydrogens (tertiary/aromatic N) is 1. The Balaban J connectivity index is 1.74. The van der Waals surface area contributed by atoms with Gasteiger partial charge in [-0.2, -0.15) is 0 Å². The SMILES string of the molecule is C=C1CC[C@H]2CC(=O)N3CCc4cc5c(cc4[C@]23C1)OCO5. The molecule has 5 rings (SSSR count). The van der Waals surface area contributed by atoms with Crippen molar-refractivity contribution >= 4 is 5.91 Å². The first-order valence-corrected chi connectivity index (χ1v) is 8.08. The first-order valence-electron chi connectivity index (χ1n) is 8.08. The van der Waals surface area contributed by atoms with Crippen LogP contribution in [0.15, 0.2) is 24.3 Å². The largest absolute Gasteiger partial charge is 0.454 e. The summed E-state index contributed by atoms with van der Waals surface area (Å²) >= 11 is 0. The maximum atomic E-state index is 12.6.